The average Bonchev–Trinajstić information content (AvgIpc) is 2.46. The van der Waals surface area contributed by atoms with E-state index >= 15 is 0 Å². The number of benzene rings is 1. The lowest BCUT2D eigenvalue weighted by Crippen LogP contribution is -2.37. The van der Waals surface area contributed by atoms with Gasteiger partial charge in [-0.2, -0.15) is 0 Å². The Labute approximate surface area is 126 Å². The molecular weight excluding hydrogens is 266 g/mol. The topological polar surface area (TPSA) is 58.6 Å². The summed E-state index contributed by atoms with van der Waals surface area (Å²) in [5.41, 5.74) is 2.35. The molecule has 0 heterocycles. The van der Waals surface area contributed by atoms with E-state index in [4.69, 9.17) is 9.84 Å². The summed E-state index contributed by atoms with van der Waals surface area (Å²) < 4.78 is 5.12. The van der Waals surface area contributed by atoms with Crippen LogP contribution in [0.1, 0.15) is 41.3 Å². The number of nitrogens with one attached hydrogen (secondary N) is 1. The van der Waals surface area contributed by atoms with E-state index in [0.29, 0.717) is 12.2 Å². The molecule has 1 aromatic rings. The first kappa shape index (κ1) is 17.2. The molecule has 0 aliphatic rings. The van der Waals surface area contributed by atoms with Gasteiger partial charge in [-0.05, 0) is 37.1 Å². The van der Waals surface area contributed by atoms with Crippen LogP contribution in [0.15, 0.2) is 18.2 Å². The van der Waals surface area contributed by atoms with Crippen molar-refractivity contribution in [3.8, 4) is 11.8 Å². The van der Waals surface area contributed by atoms with E-state index in [1.54, 1.807) is 19.2 Å². The number of carbonyl (C=O) groups is 1. The molecule has 0 spiro atoms. The van der Waals surface area contributed by atoms with Crippen molar-refractivity contribution in [1.82, 2.24) is 5.32 Å². The molecule has 0 bridgehead atoms. The standard InChI is InChI=1S/C17H23NO3/c1-4-6-16(12-21-3)18-17(20)15-9-8-14(7-5-10-19)13(2)11-15/h8-9,11,16,19H,4,6,10,12H2,1-3H3,(H,18,20). The maximum atomic E-state index is 12.2. The van der Waals surface area contributed by atoms with E-state index in [1.807, 2.05) is 13.0 Å². The van der Waals surface area contributed by atoms with Crippen LogP contribution in [0, 0.1) is 18.8 Å². The number of aryl methyl sites for hydroxylation is 1. The Morgan fingerprint density at radius 3 is 2.81 bits per heavy atom. The summed E-state index contributed by atoms with van der Waals surface area (Å²) in [5.74, 6) is 5.37. The fraction of sp³-hybridized carbons (Fsp3) is 0.471. The smallest absolute Gasteiger partial charge is 0.251 e. The van der Waals surface area contributed by atoms with Crippen molar-refractivity contribution in [2.45, 2.75) is 32.7 Å². The first-order chi connectivity index (χ1) is 10.1. The number of methoxy groups -OCH3 is 1. The zero-order valence-electron chi connectivity index (χ0n) is 12.9. The zero-order valence-corrected chi connectivity index (χ0v) is 12.9. The van der Waals surface area contributed by atoms with Crippen molar-refractivity contribution in [3.05, 3.63) is 34.9 Å². The van der Waals surface area contributed by atoms with Gasteiger partial charge in [0.15, 0.2) is 0 Å². The number of hydrogen-bond donors (Lipinski definition) is 2. The number of hydrogen-bond acceptors (Lipinski definition) is 3. The third kappa shape index (κ3) is 5.58. The third-order valence-corrected chi connectivity index (χ3v) is 3.13. The predicted molar refractivity (Wildman–Crippen MR) is 83.2 cm³/mol. The Balaban J connectivity index is 2.80. The third-order valence-electron chi connectivity index (χ3n) is 3.13. The molecule has 114 valence electrons. The Hall–Kier alpha value is -1.83. The normalized spacial score (nSPS) is 11.4. The monoisotopic (exact) mass is 289 g/mol. The van der Waals surface area contributed by atoms with Crippen LogP contribution in [0.2, 0.25) is 0 Å². The lowest BCUT2D eigenvalue weighted by molar-refractivity contribution is 0.0891. The molecule has 0 saturated carbocycles. The highest BCUT2D eigenvalue weighted by atomic mass is 16.5. The highest BCUT2D eigenvalue weighted by molar-refractivity contribution is 5.94. The molecule has 2 N–H and O–H groups in total. The SMILES string of the molecule is CCCC(COC)NC(=O)c1ccc(C#CCO)c(C)c1. The minimum absolute atomic E-state index is 0.0293. The number of rotatable bonds is 6. The molecule has 1 amide bonds. The molecule has 1 atom stereocenters. The van der Waals surface area contributed by atoms with Gasteiger partial charge in [0.25, 0.3) is 5.91 Å². The second-order valence-corrected chi connectivity index (χ2v) is 4.90. The number of amides is 1. The van der Waals surface area contributed by atoms with Gasteiger partial charge < -0.3 is 15.2 Å². The molecule has 21 heavy (non-hydrogen) atoms. The summed E-state index contributed by atoms with van der Waals surface area (Å²) in [6, 6.07) is 5.39. The first-order valence-electron chi connectivity index (χ1n) is 7.12. The van der Waals surface area contributed by atoms with Crippen LogP contribution in [0.4, 0.5) is 0 Å². The Morgan fingerprint density at radius 1 is 1.48 bits per heavy atom. The van der Waals surface area contributed by atoms with Gasteiger partial charge in [-0.15, -0.1) is 0 Å². The molecule has 0 aliphatic carbocycles. The molecule has 1 aromatic carbocycles. The summed E-state index contributed by atoms with van der Waals surface area (Å²) in [4.78, 5) is 12.2. The van der Waals surface area contributed by atoms with Gasteiger partial charge in [-0.3, -0.25) is 4.79 Å². The minimum Gasteiger partial charge on any atom is -0.384 e. The van der Waals surface area contributed by atoms with Crippen LogP contribution in [0.5, 0.6) is 0 Å². The van der Waals surface area contributed by atoms with Crippen molar-refractivity contribution in [1.29, 1.82) is 0 Å². The van der Waals surface area contributed by atoms with Crippen molar-refractivity contribution in [2.75, 3.05) is 20.3 Å². The van der Waals surface area contributed by atoms with E-state index in [0.717, 1.165) is 24.0 Å². The molecule has 0 aliphatic heterocycles. The van der Waals surface area contributed by atoms with Crippen LogP contribution in [0.3, 0.4) is 0 Å². The van der Waals surface area contributed by atoms with E-state index in [2.05, 4.69) is 24.1 Å². The van der Waals surface area contributed by atoms with Gasteiger partial charge in [0.2, 0.25) is 0 Å². The molecule has 0 aromatic heterocycles. The molecule has 0 radical (unpaired) electrons. The summed E-state index contributed by atoms with van der Waals surface area (Å²) in [6.07, 6.45) is 1.88. The maximum Gasteiger partial charge on any atom is 0.251 e. The number of aliphatic hydroxyl groups is 1. The Bertz CT molecular complexity index is 523. The zero-order chi connectivity index (χ0) is 15.7. The highest BCUT2D eigenvalue weighted by Gasteiger charge is 2.13. The molecule has 1 unspecified atom stereocenters. The van der Waals surface area contributed by atoms with Gasteiger partial charge >= 0.3 is 0 Å². The van der Waals surface area contributed by atoms with Crippen LogP contribution in [0.25, 0.3) is 0 Å². The number of aliphatic hydroxyl groups excluding tert-OH is 1. The lowest BCUT2D eigenvalue weighted by atomic mass is 10.0. The molecule has 0 saturated heterocycles. The largest absolute Gasteiger partial charge is 0.384 e. The first-order valence-corrected chi connectivity index (χ1v) is 7.12. The molecule has 4 nitrogen and oxygen atoms in total. The van der Waals surface area contributed by atoms with Gasteiger partial charge in [-0.25, -0.2) is 0 Å². The van der Waals surface area contributed by atoms with Gasteiger partial charge in [-0.1, -0.05) is 25.2 Å². The van der Waals surface area contributed by atoms with Crippen LogP contribution in [-0.2, 0) is 4.74 Å². The predicted octanol–water partition coefficient (Wildman–Crippen LogP) is 1.88. The average molecular weight is 289 g/mol. The summed E-state index contributed by atoms with van der Waals surface area (Å²) in [7, 11) is 1.63. The summed E-state index contributed by atoms with van der Waals surface area (Å²) in [5, 5.41) is 11.7. The van der Waals surface area contributed by atoms with E-state index < -0.39 is 0 Å². The minimum atomic E-state index is -0.169. The van der Waals surface area contributed by atoms with Crippen LogP contribution in [-0.4, -0.2) is 37.4 Å². The molecule has 0 fully saturated rings. The summed E-state index contributed by atoms with van der Waals surface area (Å²) in [6.45, 7) is 4.32. The Kier molecular flexibility index (Phi) is 7.52. The molecule has 4 heteroatoms. The second kappa shape index (κ2) is 9.17. The van der Waals surface area contributed by atoms with Crippen molar-refractivity contribution in [3.63, 3.8) is 0 Å². The highest BCUT2D eigenvalue weighted by Crippen LogP contribution is 2.11. The van der Waals surface area contributed by atoms with E-state index in [1.165, 1.54) is 0 Å². The van der Waals surface area contributed by atoms with Gasteiger partial charge in [0.1, 0.15) is 6.61 Å². The summed E-state index contributed by atoms with van der Waals surface area (Å²) >= 11 is 0. The quantitative estimate of drug-likeness (QED) is 0.786. The van der Waals surface area contributed by atoms with Gasteiger partial charge in [0.05, 0.1) is 12.6 Å². The van der Waals surface area contributed by atoms with Crippen LogP contribution >= 0.6 is 0 Å². The van der Waals surface area contributed by atoms with E-state index in [9.17, 15) is 4.79 Å². The fourth-order valence-electron chi connectivity index (χ4n) is 2.10. The molecular formula is C17H23NO3. The number of carbonyl (C=O) groups excluding carboxylic acids is 1. The van der Waals surface area contributed by atoms with Crippen molar-refractivity contribution in [2.24, 2.45) is 0 Å². The van der Waals surface area contributed by atoms with Crippen molar-refractivity contribution < 1.29 is 14.6 Å². The lowest BCUT2D eigenvalue weighted by Gasteiger charge is -2.17. The molecule has 1 rings (SSSR count). The number of ether oxygens (including phenoxy) is 1. The fourth-order valence-corrected chi connectivity index (χ4v) is 2.10. The van der Waals surface area contributed by atoms with E-state index in [-0.39, 0.29) is 18.6 Å². The maximum absolute atomic E-state index is 12.2. The second-order valence-electron chi connectivity index (χ2n) is 4.90. The van der Waals surface area contributed by atoms with Crippen LogP contribution < -0.4 is 5.32 Å². The van der Waals surface area contributed by atoms with Crippen molar-refractivity contribution >= 4 is 5.91 Å². The van der Waals surface area contributed by atoms with Gasteiger partial charge in [0, 0.05) is 18.2 Å². The Morgan fingerprint density at radius 2 is 2.24 bits per heavy atom.